The van der Waals surface area contributed by atoms with E-state index in [4.69, 9.17) is 4.52 Å². The lowest BCUT2D eigenvalue weighted by molar-refractivity contribution is 0.379. The second kappa shape index (κ2) is 4.08. The quantitative estimate of drug-likeness (QED) is 0.824. The fourth-order valence-corrected chi connectivity index (χ4v) is 1.21. The number of nitrogens with zero attached hydrogens (tertiary/aromatic N) is 3. The van der Waals surface area contributed by atoms with Crippen molar-refractivity contribution in [2.45, 2.75) is 20.4 Å². The average molecular weight is 204 g/mol. The number of rotatable bonds is 3. The van der Waals surface area contributed by atoms with Gasteiger partial charge >= 0.3 is 0 Å². The molecule has 0 unspecified atom stereocenters. The monoisotopic (exact) mass is 204 g/mol. The maximum Gasteiger partial charge on any atom is 0.245 e. The molecule has 2 aromatic heterocycles. The molecule has 2 rings (SSSR count). The fraction of sp³-hybridized carbons (Fsp3) is 0.300. The minimum atomic E-state index is 0.497. The molecule has 0 aromatic carbocycles. The van der Waals surface area contributed by atoms with Gasteiger partial charge in [-0.15, -0.1) is 0 Å². The first-order chi connectivity index (χ1) is 7.24. The molecule has 5 heteroatoms. The highest BCUT2D eigenvalue weighted by Crippen LogP contribution is 2.06. The van der Waals surface area contributed by atoms with E-state index in [1.165, 1.54) is 0 Å². The van der Waals surface area contributed by atoms with Crippen LogP contribution in [0.4, 0.5) is 5.82 Å². The van der Waals surface area contributed by atoms with Gasteiger partial charge in [0.2, 0.25) is 5.89 Å². The smallest absolute Gasteiger partial charge is 0.245 e. The van der Waals surface area contributed by atoms with E-state index >= 15 is 0 Å². The summed E-state index contributed by atoms with van der Waals surface area (Å²) in [6.45, 7) is 4.30. The Morgan fingerprint density at radius 2 is 2.27 bits per heavy atom. The van der Waals surface area contributed by atoms with E-state index in [-0.39, 0.29) is 0 Å². The summed E-state index contributed by atoms with van der Waals surface area (Å²) in [5.74, 6) is 2.02. The van der Waals surface area contributed by atoms with Crippen molar-refractivity contribution in [3.63, 3.8) is 0 Å². The molecule has 15 heavy (non-hydrogen) atoms. The van der Waals surface area contributed by atoms with Crippen LogP contribution >= 0.6 is 0 Å². The fourth-order valence-electron chi connectivity index (χ4n) is 1.21. The van der Waals surface area contributed by atoms with E-state index in [0.717, 1.165) is 11.4 Å². The molecule has 0 saturated carbocycles. The molecule has 0 bridgehead atoms. The number of hydrogen-bond donors (Lipinski definition) is 1. The summed E-state index contributed by atoms with van der Waals surface area (Å²) in [6.07, 6.45) is 1.76. The van der Waals surface area contributed by atoms with Gasteiger partial charge in [-0.2, -0.15) is 4.98 Å². The molecule has 0 amide bonds. The van der Waals surface area contributed by atoms with Crippen LogP contribution in [-0.2, 0) is 6.54 Å². The zero-order valence-corrected chi connectivity index (χ0v) is 8.69. The van der Waals surface area contributed by atoms with Crippen LogP contribution in [-0.4, -0.2) is 15.1 Å². The largest absolute Gasteiger partial charge is 0.361 e. The average Bonchev–Trinajstić information content (AvgIpc) is 2.62. The number of aryl methyl sites for hydroxylation is 2. The van der Waals surface area contributed by atoms with E-state index in [1.54, 1.807) is 13.1 Å². The molecular formula is C10H12N4O. The van der Waals surface area contributed by atoms with Gasteiger partial charge < -0.3 is 9.84 Å². The molecule has 0 aliphatic heterocycles. The zero-order valence-electron chi connectivity index (χ0n) is 8.69. The molecule has 0 aliphatic rings. The van der Waals surface area contributed by atoms with Crippen molar-refractivity contribution >= 4 is 5.82 Å². The summed E-state index contributed by atoms with van der Waals surface area (Å²) in [6, 6.07) is 3.91. The molecule has 2 heterocycles. The van der Waals surface area contributed by atoms with Crippen molar-refractivity contribution in [1.82, 2.24) is 15.1 Å². The van der Waals surface area contributed by atoms with Crippen molar-refractivity contribution in [1.29, 1.82) is 0 Å². The van der Waals surface area contributed by atoms with Gasteiger partial charge in [-0.25, -0.2) is 4.98 Å². The first-order valence-corrected chi connectivity index (χ1v) is 4.70. The van der Waals surface area contributed by atoms with Crippen LogP contribution in [0, 0.1) is 13.8 Å². The summed E-state index contributed by atoms with van der Waals surface area (Å²) < 4.78 is 4.96. The zero-order chi connectivity index (χ0) is 10.7. The van der Waals surface area contributed by atoms with Crippen LogP contribution in [0.1, 0.15) is 17.3 Å². The number of anilines is 1. The Morgan fingerprint density at radius 1 is 1.40 bits per heavy atom. The Kier molecular flexibility index (Phi) is 2.62. The second-order valence-electron chi connectivity index (χ2n) is 3.31. The van der Waals surface area contributed by atoms with E-state index < -0.39 is 0 Å². The first-order valence-electron chi connectivity index (χ1n) is 4.70. The minimum Gasteiger partial charge on any atom is -0.361 e. The Labute approximate surface area is 87.5 Å². The van der Waals surface area contributed by atoms with Gasteiger partial charge in [0.1, 0.15) is 5.82 Å². The summed E-state index contributed by atoms with van der Waals surface area (Å²) >= 11 is 0. The molecule has 1 N–H and O–H groups in total. The van der Waals surface area contributed by atoms with Crippen LogP contribution in [0.3, 0.4) is 0 Å². The van der Waals surface area contributed by atoms with Crippen LogP contribution in [0.2, 0.25) is 0 Å². The lowest BCUT2D eigenvalue weighted by Crippen LogP contribution is -2.01. The van der Waals surface area contributed by atoms with Crippen LogP contribution in [0.25, 0.3) is 0 Å². The molecule has 0 saturated heterocycles. The predicted molar refractivity (Wildman–Crippen MR) is 55.3 cm³/mol. The van der Waals surface area contributed by atoms with Crippen LogP contribution in [0.15, 0.2) is 22.9 Å². The Bertz CT molecular complexity index is 452. The van der Waals surface area contributed by atoms with Crippen molar-refractivity contribution in [3.05, 3.63) is 35.6 Å². The summed E-state index contributed by atoms with van der Waals surface area (Å²) in [5.41, 5.74) is 1.16. The molecular weight excluding hydrogens is 192 g/mol. The Hall–Kier alpha value is -1.91. The van der Waals surface area contributed by atoms with Gasteiger partial charge in [-0.05, 0) is 31.5 Å². The van der Waals surface area contributed by atoms with Gasteiger partial charge in [0, 0.05) is 6.20 Å². The molecule has 78 valence electrons. The molecule has 0 atom stereocenters. The van der Waals surface area contributed by atoms with Gasteiger partial charge in [-0.3, -0.25) is 0 Å². The van der Waals surface area contributed by atoms with Gasteiger partial charge in [0.15, 0.2) is 5.82 Å². The van der Waals surface area contributed by atoms with Gasteiger partial charge in [0.25, 0.3) is 0 Å². The number of nitrogens with one attached hydrogen (secondary N) is 1. The normalized spacial score (nSPS) is 10.3. The van der Waals surface area contributed by atoms with Crippen LogP contribution in [0.5, 0.6) is 0 Å². The highest BCUT2D eigenvalue weighted by Gasteiger charge is 2.02. The molecule has 0 radical (unpaired) electrons. The lowest BCUT2D eigenvalue weighted by atomic mass is 10.3. The van der Waals surface area contributed by atoms with Crippen molar-refractivity contribution in [3.8, 4) is 0 Å². The predicted octanol–water partition coefficient (Wildman–Crippen LogP) is 1.69. The maximum absolute atomic E-state index is 4.96. The lowest BCUT2D eigenvalue weighted by Gasteiger charge is -2.02. The summed E-state index contributed by atoms with van der Waals surface area (Å²) in [4.78, 5) is 8.24. The minimum absolute atomic E-state index is 0.497. The molecule has 0 spiro atoms. The van der Waals surface area contributed by atoms with Crippen molar-refractivity contribution < 1.29 is 4.52 Å². The van der Waals surface area contributed by atoms with Gasteiger partial charge in [0.05, 0.1) is 6.54 Å². The highest BCUT2D eigenvalue weighted by atomic mass is 16.5. The van der Waals surface area contributed by atoms with E-state index in [1.807, 2.05) is 19.1 Å². The molecule has 5 nitrogen and oxygen atoms in total. The summed E-state index contributed by atoms with van der Waals surface area (Å²) in [5, 5.41) is 6.81. The van der Waals surface area contributed by atoms with E-state index in [0.29, 0.717) is 18.3 Å². The third kappa shape index (κ3) is 2.52. The molecule has 0 aliphatic carbocycles. The van der Waals surface area contributed by atoms with Crippen molar-refractivity contribution in [2.24, 2.45) is 0 Å². The molecule has 0 fully saturated rings. The van der Waals surface area contributed by atoms with E-state index in [2.05, 4.69) is 20.4 Å². The topological polar surface area (TPSA) is 63.8 Å². The molecule has 2 aromatic rings. The highest BCUT2D eigenvalue weighted by molar-refractivity contribution is 5.36. The van der Waals surface area contributed by atoms with Crippen molar-refractivity contribution in [2.75, 3.05) is 5.32 Å². The second-order valence-corrected chi connectivity index (χ2v) is 3.31. The Balaban J connectivity index is 1.99. The van der Waals surface area contributed by atoms with Gasteiger partial charge in [-0.1, -0.05) is 5.16 Å². The number of pyridine rings is 1. The SMILES string of the molecule is Cc1ccnc(NCc2nc(C)no2)c1. The van der Waals surface area contributed by atoms with E-state index in [9.17, 15) is 0 Å². The van der Waals surface area contributed by atoms with Crippen LogP contribution < -0.4 is 5.32 Å². The Morgan fingerprint density at radius 3 is 2.93 bits per heavy atom. The third-order valence-corrected chi connectivity index (χ3v) is 1.91. The number of aromatic nitrogens is 3. The number of hydrogen-bond acceptors (Lipinski definition) is 5. The first kappa shape index (κ1) is 9.64. The summed E-state index contributed by atoms with van der Waals surface area (Å²) in [7, 11) is 0. The standard InChI is InChI=1S/C10H12N4O/c1-7-3-4-11-9(5-7)12-6-10-13-8(2)14-15-10/h3-5H,6H2,1-2H3,(H,11,12). The third-order valence-electron chi connectivity index (χ3n) is 1.91. The maximum atomic E-state index is 4.96.